The fraction of sp³-hybridized carbons (Fsp3) is 0.536. The number of aromatic hydroxyl groups is 1. The molecule has 0 spiro atoms. The Bertz CT molecular complexity index is 1310. The summed E-state index contributed by atoms with van der Waals surface area (Å²) in [5.74, 6) is -5.47. The average Bonchev–Trinajstić information content (AvgIpc) is 2.76. The molecule has 1 amide bonds. The molecule has 1 aromatic rings. The van der Waals surface area contributed by atoms with Gasteiger partial charge < -0.3 is 31.5 Å². The maximum Gasteiger partial charge on any atom is 0.255 e. The zero-order valence-electron chi connectivity index (χ0n) is 22.7. The number of rotatable bonds is 5. The van der Waals surface area contributed by atoms with Gasteiger partial charge in [-0.05, 0) is 43.8 Å². The number of benzene rings is 1. The molecule has 38 heavy (non-hydrogen) atoms. The molecule has 3 aliphatic rings. The molecule has 0 fully saturated rings. The van der Waals surface area contributed by atoms with Crippen LogP contribution in [0, 0.1) is 16.7 Å². The van der Waals surface area contributed by atoms with E-state index in [1.165, 1.54) is 11.8 Å². The van der Waals surface area contributed by atoms with E-state index in [9.17, 15) is 34.8 Å². The standard InChI is InChI=1S/C28H37N3O7/c1-26(2,3)12-30-11-14-8-7-13-9-15-10-27(4)22(31(5)6)21(34)18(25(29)37)24(36)28(27,38)23(35)17(15)20(33)16(13)19(14)32/h7-8,15,22,30,32,34-35,38H,9-12H2,1-6H3,(H2,29,37)/t15-,22+,27-,28-/m0/s1. The van der Waals surface area contributed by atoms with E-state index in [-0.39, 0.29) is 35.1 Å². The Kier molecular flexibility index (Phi) is 6.54. The summed E-state index contributed by atoms with van der Waals surface area (Å²) < 4.78 is 0. The van der Waals surface area contributed by atoms with Crippen molar-refractivity contribution in [1.82, 2.24) is 10.2 Å². The third kappa shape index (κ3) is 3.85. The number of aliphatic hydroxyl groups is 3. The van der Waals surface area contributed by atoms with Gasteiger partial charge in [-0.1, -0.05) is 39.8 Å². The monoisotopic (exact) mass is 527 g/mol. The Balaban J connectivity index is 1.86. The highest BCUT2D eigenvalue weighted by molar-refractivity contribution is 6.25. The minimum atomic E-state index is -2.70. The lowest BCUT2D eigenvalue weighted by molar-refractivity contribution is -0.165. The van der Waals surface area contributed by atoms with E-state index < -0.39 is 57.5 Å². The number of fused-ring (bicyclic) bond motifs is 3. The van der Waals surface area contributed by atoms with Gasteiger partial charge in [0.25, 0.3) is 5.91 Å². The van der Waals surface area contributed by atoms with E-state index in [0.29, 0.717) is 24.2 Å². The third-order valence-electron chi connectivity index (χ3n) is 8.20. The number of carbonyl (C=O) groups excluding carboxylic acids is 3. The molecule has 4 atom stereocenters. The number of nitrogens with two attached hydrogens (primary N) is 1. The molecule has 0 radical (unpaired) electrons. The summed E-state index contributed by atoms with van der Waals surface area (Å²) in [5, 5.41) is 48.7. The number of amides is 1. The number of nitrogens with one attached hydrogen (secondary N) is 1. The number of ketones is 2. The molecular weight excluding hydrogens is 490 g/mol. The normalized spacial score (nSPS) is 29.4. The van der Waals surface area contributed by atoms with Crippen LogP contribution < -0.4 is 11.1 Å². The number of phenols is 1. The van der Waals surface area contributed by atoms with Crippen LogP contribution in [0.15, 0.2) is 34.8 Å². The van der Waals surface area contributed by atoms with Gasteiger partial charge in [-0.15, -0.1) is 0 Å². The second-order valence-electron chi connectivity index (χ2n) is 12.4. The van der Waals surface area contributed by atoms with Crippen LogP contribution in [-0.2, 0) is 22.6 Å². The van der Waals surface area contributed by atoms with E-state index in [1.54, 1.807) is 26.2 Å². The number of hydrogen-bond acceptors (Lipinski definition) is 9. The van der Waals surface area contributed by atoms with Gasteiger partial charge in [-0.25, -0.2) is 0 Å². The van der Waals surface area contributed by atoms with Crippen LogP contribution in [0.5, 0.6) is 5.75 Å². The van der Waals surface area contributed by atoms with Crippen molar-refractivity contribution in [3.05, 3.63) is 51.5 Å². The molecule has 10 nitrogen and oxygen atoms in total. The molecule has 0 saturated carbocycles. The number of likely N-dealkylation sites (N-methyl/N-ethyl adjacent to an activating group) is 1. The molecule has 0 heterocycles. The molecule has 206 valence electrons. The second-order valence-corrected chi connectivity index (χ2v) is 12.4. The Labute approximate surface area is 221 Å². The molecule has 4 rings (SSSR count). The summed E-state index contributed by atoms with van der Waals surface area (Å²) in [6, 6.07) is 2.47. The Morgan fingerprint density at radius 3 is 2.37 bits per heavy atom. The van der Waals surface area contributed by atoms with Crippen molar-refractivity contribution >= 4 is 17.5 Å². The van der Waals surface area contributed by atoms with E-state index in [2.05, 4.69) is 26.1 Å². The maximum atomic E-state index is 13.8. The first-order valence-corrected chi connectivity index (χ1v) is 12.7. The quantitative estimate of drug-likeness (QED) is 0.311. The van der Waals surface area contributed by atoms with Gasteiger partial charge in [-0.2, -0.15) is 0 Å². The highest BCUT2D eigenvalue weighted by Crippen LogP contribution is 2.58. The zero-order chi connectivity index (χ0) is 28.5. The van der Waals surface area contributed by atoms with E-state index in [4.69, 9.17) is 5.73 Å². The number of hydrogen-bond donors (Lipinski definition) is 6. The van der Waals surface area contributed by atoms with Crippen LogP contribution in [-0.4, -0.2) is 75.1 Å². The molecule has 0 aliphatic heterocycles. The first-order valence-electron chi connectivity index (χ1n) is 12.7. The zero-order valence-corrected chi connectivity index (χ0v) is 22.7. The largest absolute Gasteiger partial charge is 0.510 e. The predicted molar refractivity (Wildman–Crippen MR) is 139 cm³/mol. The lowest BCUT2D eigenvalue weighted by atomic mass is 9.51. The highest BCUT2D eigenvalue weighted by atomic mass is 16.4. The number of allylic oxidation sites excluding steroid dienone is 1. The number of Topliss-reactive ketones (excluding diaryl/α,β-unsaturated/α-hetero) is 2. The van der Waals surface area contributed by atoms with Crippen molar-refractivity contribution in [3.8, 4) is 5.75 Å². The lowest BCUT2D eigenvalue weighted by Crippen LogP contribution is -2.69. The minimum Gasteiger partial charge on any atom is -0.510 e. The molecule has 0 bridgehead atoms. The topological polar surface area (TPSA) is 173 Å². The molecule has 0 aromatic heterocycles. The number of primary amides is 1. The van der Waals surface area contributed by atoms with E-state index >= 15 is 0 Å². The summed E-state index contributed by atoms with van der Waals surface area (Å²) in [5.41, 5.74) is 1.32. The number of carbonyl (C=O) groups is 3. The molecule has 3 aliphatic carbocycles. The van der Waals surface area contributed by atoms with Crippen LogP contribution in [0.25, 0.3) is 0 Å². The Hall–Kier alpha value is -3.21. The van der Waals surface area contributed by atoms with Gasteiger partial charge in [0.1, 0.15) is 22.8 Å². The van der Waals surface area contributed by atoms with Gasteiger partial charge in [0.2, 0.25) is 5.78 Å². The van der Waals surface area contributed by atoms with Crippen molar-refractivity contribution in [2.75, 3.05) is 20.6 Å². The predicted octanol–water partition coefficient (Wildman–Crippen LogP) is 1.65. The molecule has 0 saturated heterocycles. The molecule has 1 aromatic carbocycles. The van der Waals surface area contributed by atoms with Crippen molar-refractivity contribution in [2.24, 2.45) is 22.5 Å². The van der Waals surface area contributed by atoms with E-state index in [1.807, 2.05) is 0 Å². The summed E-state index contributed by atoms with van der Waals surface area (Å²) in [7, 11) is 3.21. The van der Waals surface area contributed by atoms with Gasteiger partial charge in [-0.3, -0.25) is 19.3 Å². The summed E-state index contributed by atoms with van der Waals surface area (Å²) in [6.45, 7) is 8.74. The minimum absolute atomic E-state index is 0.0112. The fourth-order valence-corrected chi connectivity index (χ4v) is 6.57. The molecular formula is C28H37N3O7. The van der Waals surface area contributed by atoms with Crippen LogP contribution in [0.1, 0.15) is 55.6 Å². The van der Waals surface area contributed by atoms with Crippen molar-refractivity contribution in [3.63, 3.8) is 0 Å². The SMILES string of the molecule is CN(C)[C@@H]1C(O)=C(C(N)=O)C(=O)[C@@]2(O)C(O)=C3C(=O)c4c(ccc(CNCC(C)(C)C)c4O)C[C@H]3C[C@@]12C. The second kappa shape index (κ2) is 8.93. The Morgan fingerprint density at radius 1 is 1.18 bits per heavy atom. The van der Waals surface area contributed by atoms with Crippen molar-refractivity contribution in [2.45, 2.75) is 58.7 Å². The number of phenolic OH excluding ortho intramolecular Hbond substituents is 1. The maximum absolute atomic E-state index is 13.8. The summed E-state index contributed by atoms with van der Waals surface area (Å²) in [6.07, 6.45) is 0.297. The van der Waals surface area contributed by atoms with Gasteiger partial charge in [0.05, 0.1) is 11.6 Å². The third-order valence-corrected chi connectivity index (χ3v) is 8.20. The first kappa shape index (κ1) is 27.8. The Morgan fingerprint density at radius 2 is 1.82 bits per heavy atom. The van der Waals surface area contributed by atoms with Gasteiger partial charge >= 0.3 is 0 Å². The first-order chi connectivity index (χ1) is 17.5. The smallest absolute Gasteiger partial charge is 0.255 e. The molecule has 7 N–H and O–H groups in total. The molecule has 10 heteroatoms. The van der Waals surface area contributed by atoms with Crippen LogP contribution in [0.4, 0.5) is 0 Å². The average molecular weight is 528 g/mol. The number of aliphatic hydroxyl groups excluding tert-OH is 2. The summed E-state index contributed by atoms with van der Waals surface area (Å²) >= 11 is 0. The number of nitrogens with zero attached hydrogens (tertiary/aromatic N) is 1. The molecule has 0 unspecified atom stereocenters. The van der Waals surface area contributed by atoms with Gasteiger partial charge in [0.15, 0.2) is 11.4 Å². The lowest BCUT2D eigenvalue weighted by Gasteiger charge is -2.56. The van der Waals surface area contributed by atoms with Gasteiger partial charge in [0, 0.05) is 29.6 Å². The van der Waals surface area contributed by atoms with Crippen molar-refractivity contribution in [1.29, 1.82) is 0 Å². The van der Waals surface area contributed by atoms with E-state index in [0.717, 1.165) is 0 Å². The fourth-order valence-electron chi connectivity index (χ4n) is 6.57. The van der Waals surface area contributed by atoms with Crippen LogP contribution >= 0.6 is 0 Å². The van der Waals surface area contributed by atoms with Crippen molar-refractivity contribution < 1.29 is 34.8 Å². The summed E-state index contributed by atoms with van der Waals surface area (Å²) in [4.78, 5) is 41.0. The van der Waals surface area contributed by atoms with Crippen LogP contribution in [0.3, 0.4) is 0 Å². The van der Waals surface area contributed by atoms with Crippen LogP contribution in [0.2, 0.25) is 0 Å². The highest BCUT2D eigenvalue weighted by Gasteiger charge is 2.69.